The van der Waals surface area contributed by atoms with E-state index in [0.717, 1.165) is 54.4 Å². The monoisotopic (exact) mass is 288 g/mol. The molecule has 3 rings (SSSR count). The number of para-hydroxylation sites is 2. The highest BCUT2D eigenvalue weighted by atomic mass is 32.1. The van der Waals surface area contributed by atoms with Crippen molar-refractivity contribution in [3.05, 3.63) is 30.1 Å². The Bertz CT molecular complexity index is 566. The summed E-state index contributed by atoms with van der Waals surface area (Å²) in [5.74, 6) is 1.64. The molecule has 1 fully saturated rings. The molecule has 0 bridgehead atoms. The number of benzene rings is 1. The summed E-state index contributed by atoms with van der Waals surface area (Å²) in [5, 5.41) is 4.11. The zero-order valence-electron chi connectivity index (χ0n) is 11.7. The van der Waals surface area contributed by atoms with Gasteiger partial charge in [-0.05, 0) is 44.1 Å². The van der Waals surface area contributed by atoms with Crippen molar-refractivity contribution >= 4 is 28.4 Å². The van der Waals surface area contributed by atoms with Crippen molar-refractivity contribution < 1.29 is 0 Å². The van der Waals surface area contributed by atoms with Gasteiger partial charge in [-0.15, -0.1) is 0 Å². The third kappa shape index (κ3) is 2.63. The predicted octanol–water partition coefficient (Wildman–Crippen LogP) is 2.64. The number of imidazole rings is 1. The number of aromatic amines is 1. The van der Waals surface area contributed by atoms with E-state index in [2.05, 4.69) is 34.3 Å². The molecule has 2 heterocycles. The fourth-order valence-corrected chi connectivity index (χ4v) is 3.11. The lowest BCUT2D eigenvalue weighted by Crippen LogP contribution is -2.43. The molecule has 2 N–H and O–H groups in total. The summed E-state index contributed by atoms with van der Waals surface area (Å²) in [6.07, 6.45) is 2.21. The van der Waals surface area contributed by atoms with Crippen LogP contribution in [0.1, 0.15) is 31.5 Å². The second-order valence-corrected chi connectivity index (χ2v) is 5.62. The first-order chi connectivity index (χ1) is 9.78. The van der Waals surface area contributed by atoms with E-state index in [1.54, 1.807) is 0 Å². The average molecular weight is 288 g/mol. The van der Waals surface area contributed by atoms with Gasteiger partial charge in [-0.3, -0.25) is 0 Å². The Labute approximate surface area is 124 Å². The van der Waals surface area contributed by atoms with Crippen LogP contribution in [0.25, 0.3) is 11.0 Å². The normalized spacial score (nSPS) is 16.6. The Kier molecular flexibility index (Phi) is 3.87. The summed E-state index contributed by atoms with van der Waals surface area (Å²) in [4.78, 5) is 10.4. The van der Waals surface area contributed by atoms with Crippen LogP contribution in [0.4, 0.5) is 0 Å². The van der Waals surface area contributed by atoms with Crippen molar-refractivity contribution in [1.82, 2.24) is 20.2 Å². The van der Waals surface area contributed by atoms with Crippen LogP contribution in [-0.4, -0.2) is 39.6 Å². The first-order valence-corrected chi connectivity index (χ1v) is 7.66. The third-order valence-corrected chi connectivity index (χ3v) is 4.31. The zero-order valence-corrected chi connectivity index (χ0v) is 12.5. The predicted molar refractivity (Wildman–Crippen MR) is 85.9 cm³/mol. The molecule has 5 heteroatoms. The molecule has 0 saturated carbocycles. The second kappa shape index (κ2) is 5.79. The Morgan fingerprint density at radius 3 is 2.85 bits per heavy atom. The van der Waals surface area contributed by atoms with Gasteiger partial charge >= 0.3 is 0 Å². The van der Waals surface area contributed by atoms with Crippen molar-refractivity contribution in [2.45, 2.75) is 25.7 Å². The minimum absolute atomic E-state index is 0.517. The maximum Gasteiger partial charge on any atom is 0.168 e. The van der Waals surface area contributed by atoms with Gasteiger partial charge in [0.1, 0.15) is 5.82 Å². The molecule has 1 saturated heterocycles. The van der Waals surface area contributed by atoms with Gasteiger partial charge in [0.15, 0.2) is 5.11 Å². The standard InChI is InChI=1S/C15H20N4S/c1-2-16-15(20)19-9-7-11(8-10-19)14-17-12-5-3-4-6-13(12)18-14/h3-6,11H,2,7-10H2,1H3,(H,16,20)(H,17,18). The fraction of sp³-hybridized carbons (Fsp3) is 0.467. The molecular formula is C15H20N4S. The van der Waals surface area contributed by atoms with E-state index >= 15 is 0 Å². The Balaban J connectivity index is 1.67. The van der Waals surface area contributed by atoms with Crippen LogP contribution in [0.2, 0.25) is 0 Å². The van der Waals surface area contributed by atoms with Crippen molar-refractivity contribution in [3.63, 3.8) is 0 Å². The number of H-pyrrole nitrogens is 1. The number of fused-ring (bicyclic) bond motifs is 1. The summed E-state index contributed by atoms with van der Waals surface area (Å²) >= 11 is 5.37. The van der Waals surface area contributed by atoms with Crippen LogP contribution in [0.3, 0.4) is 0 Å². The van der Waals surface area contributed by atoms with Gasteiger partial charge in [0, 0.05) is 25.6 Å². The maximum atomic E-state index is 5.37. The quantitative estimate of drug-likeness (QED) is 0.834. The Morgan fingerprint density at radius 1 is 1.40 bits per heavy atom. The van der Waals surface area contributed by atoms with Crippen LogP contribution < -0.4 is 5.32 Å². The molecule has 106 valence electrons. The van der Waals surface area contributed by atoms with E-state index in [9.17, 15) is 0 Å². The largest absolute Gasteiger partial charge is 0.363 e. The molecule has 1 aliphatic rings. The van der Waals surface area contributed by atoms with Gasteiger partial charge in [-0.25, -0.2) is 4.98 Å². The van der Waals surface area contributed by atoms with Gasteiger partial charge in [0.25, 0.3) is 0 Å². The topological polar surface area (TPSA) is 44.0 Å². The minimum atomic E-state index is 0.517. The van der Waals surface area contributed by atoms with E-state index in [1.165, 1.54) is 0 Å². The highest BCUT2D eigenvalue weighted by Crippen LogP contribution is 2.27. The van der Waals surface area contributed by atoms with Crippen LogP contribution in [0, 0.1) is 0 Å². The molecule has 0 unspecified atom stereocenters. The molecule has 4 nitrogen and oxygen atoms in total. The summed E-state index contributed by atoms with van der Waals surface area (Å²) < 4.78 is 0. The van der Waals surface area contributed by atoms with Crippen LogP contribution in [0.5, 0.6) is 0 Å². The van der Waals surface area contributed by atoms with Crippen molar-refractivity contribution in [1.29, 1.82) is 0 Å². The molecule has 1 aromatic carbocycles. The maximum absolute atomic E-state index is 5.37. The lowest BCUT2D eigenvalue weighted by atomic mass is 9.96. The first kappa shape index (κ1) is 13.4. The molecule has 0 atom stereocenters. The van der Waals surface area contributed by atoms with Crippen molar-refractivity contribution in [2.75, 3.05) is 19.6 Å². The van der Waals surface area contributed by atoms with E-state index in [1.807, 2.05) is 12.1 Å². The van der Waals surface area contributed by atoms with Gasteiger partial charge in [-0.1, -0.05) is 12.1 Å². The zero-order chi connectivity index (χ0) is 13.9. The molecule has 0 spiro atoms. The van der Waals surface area contributed by atoms with Crippen LogP contribution in [0.15, 0.2) is 24.3 Å². The molecule has 2 aromatic rings. The summed E-state index contributed by atoms with van der Waals surface area (Å²) in [5.41, 5.74) is 2.20. The van der Waals surface area contributed by atoms with E-state index in [-0.39, 0.29) is 0 Å². The summed E-state index contributed by atoms with van der Waals surface area (Å²) in [6.45, 7) is 4.98. The number of thiocarbonyl (C=S) groups is 1. The molecule has 0 amide bonds. The number of nitrogens with zero attached hydrogens (tertiary/aromatic N) is 2. The number of hydrogen-bond acceptors (Lipinski definition) is 2. The van der Waals surface area contributed by atoms with E-state index in [4.69, 9.17) is 17.2 Å². The minimum Gasteiger partial charge on any atom is -0.363 e. The van der Waals surface area contributed by atoms with E-state index < -0.39 is 0 Å². The third-order valence-electron chi connectivity index (χ3n) is 3.90. The second-order valence-electron chi connectivity index (χ2n) is 5.24. The highest BCUT2D eigenvalue weighted by Gasteiger charge is 2.24. The first-order valence-electron chi connectivity index (χ1n) is 7.25. The van der Waals surface area contributed by atoms with Gasteiger partial charge < -0.3 is 15.2 Å². The number of hydrogen-bond donors (Lipinski definition) is 2. The summed E-state index contributed by atoms with van der Waals surface area (Å²) in [7, 11) is 0. The Morgan fingerprint density at radius 2 is 2.15 bits per heavy atom. The van der Waals surface area contributed by atoms with Crippen LogP contribution in [-0.2, 0) is 0 Å². The van der Waals surface area contributed by atoms with Crippen LogP contribution >= 0.6 is 12.2 Å². The van der Waals surface area contributed by atoms with E-state index in [0.29, 0.717) is 5.92 Å². The van der Waals surface area contributed by atoms with Crippen molar-refractivity contribution in [2.24, 2.45) is 0 Å². The number of rotatable bonds is 2. The molecule has 1 aromatic heterocycles. The lowest BCUT2D eigenvalue weighted by Gasteiger charge is -2.33. The molecule has 0 aliphatic carbocycles. The van der Waals surface area contributed by atoms with Gasteiger partial charge in [-0.2, -0.15) is 0 Å². The molecule has 0 radical (unpaired) electrons. The number of aromatic nitrogens is 2. The molecule has 20 heavy (non-hydrogen) atoms. The number of piperidine rings is 1. The smallest absolute Gasteiger partial charge is 0.168 e. The van der Waals surface area contributed by atoms with Gasteiger partial charge in [0.2, 0.25) is 0 Å². The molecular weight excluding hydrogens is 268 g/mol. The summed E-state index contributed by atoms with van der Waals surface area (Å²) in [6, 6.07) is 8.22. The Hall–Kier alpha value is -1.62. The van der Waals surface area contributed by atoms with Crippen molar-refractivity contribution in [3.8, 4) is 0 Å². The molecule has 1 aliphatic heterocycles. The number of likely N-dealkylation sites (tertiary alicyclic amines) is 1. The highest BCUT2D eigenvalue weighted by molar-refractivity contribution is 7.80. The average Bonchev–Trinajstić information content (AvgIpc) is 2.91. The number of nitrogens with one attached hydrogen (secondary N) is 2. The SMILES string of the molecule is CCNC(=S)N1CCC(c2nc3ccccc3[nH]2)CC1. The lowest BCUT2D eigenvalue weighted by molar-refractivity contribution is 0.305. The van der Waals surface area contributed by atoms with Gasteiger partial charge in [0.05, 0.1) is 11.0 Å². The fourth-order valence-electron chi connectivity index (χ4n) is 2.78.